The normalized spacial score (nSPS) is 12.2. The average Bonchev–Trinajstić information content (AvgIpc) is 2.57. The van der Waals surface area contributed by atoms with Crippen LogP contribution in [0, 0.1) is 20.8 Å². The Hall–Kier alpha value is -1.53. The molecule has 144 valence electrons. The summed E-state index contributed by atoms with van der Waals surface area (Å²) in [6, 6.07) is 13.0. The summed E-state index contributed by atoms with van der Waals surface area (Å²) in [5, 5.41) is 8.78. The van der Waals surface area contributed by atoms with Gasteiger partial charge < -0.3 is 16.0 Å². The Kier molecular flexibility index (Phi) is 7.34. The Labute approximate surface area is 179 Å². The van der Waals surface area contributed by atoms with Crippen molar-refractivity contribution in [1.82, 2.24) is 10.6 Å². The Bertz CT molecular complexity index is 852. The molecule has 8 heteroatoms. The van der Waals surface area contributed by atoms with Gasteiger partial charge in [0.2, 0.25) is 3.79 Å². The van der Waals surface area contributed by atoms with Crippen molar-refractivity contribution in [1.29, 1.82) is 0 Å². The van der Waals surface area contributed by atoms with Gasteiger partial charge in [-0.1, -0.05) is 59.1 Å². The van der Waals surface area contributed by atoms with Crippen molar-refractivity contribution in [2.45, 2.75) is 30.7 Å². The molecule has 0 bridgehead atoms. The average molecular weight is 445 g/mol. The van der Waals surface area contributed by atoms with Gasteiger partial charge in [-0.15, -0.1) is 0 Å². The van der Waals surface area contributed by atoms with E-state index in [-0.39, 0.29) is 11.0 Å². The van der Waals surface area contributed by atoms with Crippen LogP contribution in [-0.2, 0) is 0 Å². The quantitative estimate of drug-likeness (QED) is 0.352. The number of alkyl halides is 3. The summed E-state index contributed by atoms with van der Waals surface area (Å²) >= 11 is 23.4. The molecule has 27 heavy (non-hydrogen) atoms. The van der Waals surface area contributed by atoms with Gasteiger partial charge >= 0.3 is 0 Å². The number of carbonyl (C=O) groups is 1. The smallest absolute Gasteiger partial charge is 0.253 e. The maximum Gasteiger partial charge on any atom is 0.253 e. The molecule has 0 saturated carbocycles. The summed E-state index contributed by atoms with van der Waals surface area (Å²) in [5.41, 5.74) is 4.39. The molecule has 0 aliphatic heterocycles. The maximum atomic E-state index is 12.6. The number of hydrogen-bond donors (Lipinski definition) is 3. The van der Waals surface area contributed by atoms with Crippen LogP contribution in [0.5, 0.6) is 0 Å². The largest absolute Gasteiger partial charge is 0.339 e. The van der Waals surface area contributed by atoms with Crippen LogP contribution < -0.4 is 16.0 Å². The van der Waals surface area contributed by atoms with E-state index in [2.05, 4.69) is 16.0 Å². The molecule has 2 aromatic carbocycles. The molecule has 4 nitrogen and oxygen atoms in total. The summed E-state index contributed by atoms with van der Waals surface area (Å²) in [6.07, 6.45) is -1.03. The van der Waals surface area contributed by atoms with Crippen LogP contribution in [0.2, 0.25) is 0 Å². The number of thiocarbonyl (C=S) groups is 1. The zero-order chi connectivity index (χ0) is 20.2. The van der Waals surface area contributed by atoms with Crippen molar-refractivity contribution in [3.05, 3.63) is 64.7 Å². The number of rotatable bonds is 4. The standard InChI is InChI=1S/C19H20Cl3N3OS/c1-11-8-9-14(10-13(11)3)23-18(27)25-17(19(20,21)22)24-16(26)15-7-5-4-6-12(15)2/h4-10,17H,1-3H3,(H,24,26)(H2,23,25,27). The van der Waals surface area contributed by atoms with Gasteiger partial charge in [-0.25, -0.2) is 0 Å². The molecule has 0 heterocycles. The molecule has 0 aromatic heterocycles. The SMILES string of the molecule is Cc1ccc(NC(=S)NC(NC(=O)c2ccccc2C)C(Cl)(Cl)Cl)cc1C. The molecule has 1 atom stereocenters. The van der Waals surface area contributed by atoms with Crippen molar-refractivity contribution >= 4 is 63.7 Å². The third-order valence-corrected chi connectivity index (χ3v) is 4.91. The number of halogens is 3. The highest BCUT2D eigenvalue weighted by Gasteiger charge is 2.35. The number of benzene rings is 2. The zero-order valence-corrected chi connectivity index (χ0v) is 18.2. The van der Waals surface area contributed by atoms with Gasteiger partial charge in [0.15, 0.2) is 5.11 Å². The first-order valence-electron chi connectivity index (χ1n) is 8.16. The number of nitrogens with one attached hydrogen (secondary N) is 3. The second kappa shape index (κ2) is 9.11. The van der Waals surface area contributed by atoms with Crippen molar-refractivity contribution in [3.8, 4) is 0 Å². The topological polar surface area (TPSA) is 53.2 Å². The fourth-order valence-electron chi connectivity index (χ4n) is 2.35. The van der Waals surface area contributed by atoms with Crippen LogP contribution in [-0.4, -0.2) is 21.0 Å². The zero-order valence-electron chi connectivity index (χ0n) is 15.1. The van der Waals surface area contributed by atoms with E-state index >= 15 is 0 Å². The minimum Gasteiger partial charge on any atom is -0.339 e. The van der Waals surface area contributed by atoms with E-state index in [0.29, 0.717) is 5.56 Å². The highest BCUT2D eigenvalue weighted by atomic mass is 35.6. The molecule has 0 fully saturated rings. The molecule has 0 radical (unpaired) electrons. The second-order valence-electron chi connectivity index (χ2n) is 6.16. The molecule has 0 aliphatic carbocycles. The first-order chi connectivity index (χ1) is 12.6. The van der Waals surface area contributed by atoms with E-state index in [0.717, 1.165) is 16.8 Å². The lowest BCUT2D eigenvalue weighted by molar-refractivity contribution is 0.0934. The van der Waals surface area contributed by atoms with Crippen LogP contribution >= 0.6 is 47.0 Å². The van der Waals surface area contributed by atoms with Crippen LogP contribution in [0.25, 0.3) is 0 Å². The van der Waals surface area contributed by atoms with E-state index in [1.807, 2.05) is 51.1 Å². The number of carbonyl (C=O) groups excluding carboxylic acids is 1. The lowest BCUT2D eigenvalue weighted by atomic mass is 10.1. The van der Waals surface area contributed by atoms with Crippen LogP contribution in [0.15, 0.2) is 42.5 Å². The fourth-order valence-corrected chi connectivity index (χ4v) is 2.92. The third-order valence-electron chi connectivity index (χ3n) is 4.03. The lowest BCUT2D eigenvalue weighted by Gasteiger charge is -2.28. The molecule has 1 unspecified atom stereocenters. The highest BCUT2D eigenvalue weighted by Crippen LogP contribution is 2.29. The third kappa shape index (κ3) is 6.25. The molecular weight excluding hydrogens is 425 g/mol. The van der Waals surface area contributed by atoms with Crippen molar-refractivity contribution in [3.63, 3.8) is 0 Å². The molecule has 0 spiro atoms. The molecule has 0 aliphatic rings. The Morgan fingerprint density at radius 1 is 0.963 bits per heavy atom. The van der Waals surface area contributed by atoms with Crippen LogP contribution in [0.1, 0.15) is 27.0 Å². The second-order valence-corrected chi connectivity index (χ2v) is 8.94. The molecule has 0 saturated heterocycles. The van der Waals surface area contributed by atoms with Gasteiger partial charge in [0, 0.05) is 11.3 Å². The van der Waals surface area contributed by atoms with Crippen LogP contribution in [0.4, 0.5) is 5.69 Å². The molecule has 1 amide bonds. The van der Waals surface area contributed by atoms with Gasteiger partial charge in [0.25, 0.3) is 5.91 Å². The predicted octanol–water partition coefficient (Wildman–Crippen LogP) is 5.02. The monoisotopic (exact) mass is 443 g/mol. The summed E-state index contributed by atoms with van der Waals surface area (Å²) in [4.78, 5) is 12.6. The van der Waals surface area contributed by atoms with Gasteiger partial charge in [-0.3, -0.25) is 4.79 Å². The summed E-state index contributed by atoms with van der Waals surface area (Å²) in [7, 11) is 0. The Morgan fingerprint density at radius 3 is 2.22 bits per heavy atom. The van der Waals surface area contributed by atoms with Crippen molar-refractivity contribution in [2.24, 2.45) is 0 Å². The van der Waals surface area contributed by atoms with Crippen molar-refractivity contribution < 1.29 is 4.79 Å². The van der Waals surface area contributed by atoms with Gasteiger partial charge in [0.1, 0.15) is 6.17 Å². The first kappa shape index (κ1) is 21.8. The van der Waals surface area contributed by atoms with Crippen molar-refractivity contribution in [2.75, 3.05) is 5.32 Å². The molecular formula is C19H20Cl3N3OS. The van der Waals surface area contributed by atoms with E-state index in [4.69, 9.17) is 47.0 Å². The molecule has 3 N–H and O–H groups in total. The number of amides is 1. The van der Waals surface area contributed by atoms with Gasteiger partial charge in [-0.05, 0) is 67.9 Å². The summed E-state index contributed by atoms with van der Waals surface area (Å²) in [5.74, 6) is -0.370. The lowest BCUT2D eigenvalue weighted by Crippen LogP contribution is -2.56. The maximum absolute atomic E-state index is 12.6. The van der Waals surface area contributed by atoms with Gasteiger partial charge in [-0.2, -0.15) is 0 Å². The molecule has 2 rings (SSSR count). The number of hydrogen-bond acceptors (Lipinski definition) is 2. The summed E-state index contributed by atoms with van der Waals surface area (Å²) < 4.78 is -1.81. The Morgan fingerprint density at radius 2 is 1.63 bits per heavy atom. The predicted molar refractivity (Wildman–Crippen MR) is 118 cm³/mol. The Balaban J connectivity index is 2.10. The highest BCUT2D eigenvalue weighted by molar-refractivity contribution is 7.80. The fraction of sp³-hybridized carbons (Fsp3) is 0.263. The minimum atomic E-state index is -1.81. The van der Waals surface area contributed by atoms with Gasteiger partial charge in [0.05, 0.1) is 0 Å². The number of aryl methyl sites for hydroxylation is 3. The van der Waals surface area contributed by atoms with E-state index in [1.165, 1.54) is 5.56 Å². The minimum absolute atomic E-state index is 0.222. The van der Waals surface area contributed by atoms with E-state index in [9.17, 15) is 4.79 Å². The summed E-state index contributed by atoms with van der Waals surface area (Å²) in [6.45, 7) is 5.86. The van der Waals surface area contributed by atoms with E-state index in [1.54, 1.807) is 12.1 Å². The van der Waals surface area contributed by atoms with E-state index < -0.39 is 9.96 Å². The molecule has 2 aromatic rings. The number of anilines is 1. The first-order valence-corrected chi connectivity index (χ1v) is 9.70. The van der Waals surface area contributed by atoms with Crippen LogP contribution in [0.3, 0.4) is 0 Å².